The van der Waals surface area contributed by atoms with Crippen molar-refractivity contribution in [3.05, 3.63) is 70.9 Å². The maximum absolute atomic E-state index is 14.4. The summed E-state index contributed by atoms with van der Waals surface area (Å²) in [6.45, 7) is -0.0675. The SMILES string of the molecule is Cn1ncc2c1Nc1cc(F)ccc1N(C(=O)c1ccc(CNC(=O)O)c(F)c1)C2. The zero-order chi connectivity index (χ0) is 21.4. The van der Waals surface area contributed by atoms with Crippen molar-refractivity contribution < 1.29 is 23.5 Å². The molecule has 0 aliphatic carbocycles. The normalized spacial score (nSPS) is 12.4. The van der Waals surface area contributed by atoms with Crippen LogP contribution < -0.4 is 15.5 Å². The Balaban J connectivity index is 1.71. The molecule has 0 unspecified atom stereocenters. The van der Waals surface area contributed by atoms with Gasteiger partial charge in [0, 0.05) is 30.3 Å². The van der Waals surface area contributed by atoms with Crippen molar-refractivity contribution in [2.45, 2.75) is 13.1 Å². The lowest BCUT2D eigenvalue weighted by molar-refractivity contribution is 0.0985. The van der Waals surface area contributed by atoms with E-state index < -0.39 is 23.6 Å². The van der Waals surface area contributed by atoms with Crippen LogP contribution in [-0.2, 0) is 20.1 Å². The molecule has 8 nitrogen and oxygen atoms in total. The molecule has 0 spiro atoms. The molecule has 2 amide bonds. The molecule has 1 aliphatic rings. The third-order valence-electron chi connectivity index (χ3n) is 4.82. The van der Waals surface area contributed by atoms with Crippen LogP contribution in [0.15, 0.2) is 42.6 Å². The van der Waals surface area contributed by atoms with E-state index >= 15 is 0 Å². The zero-order valence-corrected chi connectivity index (χ0v) is 15.8. The zero-order valence-electron chi connectivity index (χ0n) is 15.8. The number of fused-ring (bicyclic) bond motifs is 2. The monoisotopic (exact) mass is 413 g/mol. The maximum Gasteiger partial charge on any atom is 0.404 e. The number of nitrogens with one attached hydrogen (secondary N) is 2. The van der Waals surface area contributed by atoms with Gasteiger partial charge < -0.3 is 20.6 Å². The van der Waals surface area contributed by atoms with E-state index in [0.29, 0.717) is 22.8 Å². The van der Waals surface area contributed by atoms with Crippen molar-refractivity contribution in [3.8, 4) is 0 Å². The van der Waals surface area contributed by atoms with Crippen molar-refractivity contribution in [3.63, 3.8) is 0 Å². The summed E-state index contributed by atoms with van der Waals surface area (Å²) in [4.78, 5) is 25.3. The molecule has 10 heteroatoms. The van der Waals surface area contributed by atoms with Crippen LogP contribution in [0.25, 0.3) is 0 Å². The highest BCUT2D eigenvalue weighted by Gasteiger charge is 2.27. The second-order valence-electron chi connectivity index (χ2n) is 6.78. The summed E-state index contributed by atoms with van der Waals surface area (Å²) in [5.74, 6) is -1.04. The van der Waals surface area contributed by atoms with Gasteiger partial charge in [0.1, 0.15) is 17.5 Å². The number of benzene rings is 2. The summed E-state index contributed by atoms with van der Waals surface area (Å²) in [6.07, 6.45) is 0.328. The smallest absolute Gasteiger partial charge is 0.404 e. The second-order valence-corrected chi connectivity index (χ2v) is 6.78. The van der Waals surface area contributed by atoms with Gasteiger partial charge in [-0.25, -0.2) is 13.6 Å². The molecule has 0 bridgehead atoms. The number of aryl methyl sites for hydroxylation is 1. The molecule has 4 rings (SSSR count). The molecular weight excluding hydrogens is 396 g/mol. The van der Waals surface area contributed by atoms with E-state index in [1.807, 2.05) is 0 Å². The number of amides is 2. The molecule has 1 aliphatic heterocycles. The standard InChI is InChI=1S/C20H17F2N5O3/c1-26-18-13(9-24-26)10-27(17-5-4-14(21)7-16(17)25-18)19(28)11-2-3-12(15(22)6-11)8-23-20(29)30/h2-7,9,23,25H,8,10H2,1H3,(H,29,30). The quantitative estimate of drug-likeness (QED) is 0.612. The van der Waals surface area contributed by atoms with E-state index in [0.717, 1.165) is 6.07 Å². The number of anilines is 3. The van der Waals surface area contributed by atoms with Crippen molar-refractivity contribution in [1.82, 2.24) is 15.1 Å². The van der Waals surface area contributed by atoms with E-state index in [4.69, 9.17) is 5.11 Å². The lowest BCUT2D eigenvalue weighted by Crippen LogP contribution is -2.30. The molecule has 0 radical (unpaired) electrons. The molecule has 2 aromatic carbocycles. The first-order chi connectivity index (χ1) is 14.3. The molecule has 3 aromatic rings. The van der Waals surface area contributed by atoms with Crippen LogP contribution in [0, 0.1) is 11.6 Å². The van der Waals surface area contributed by atoms with Crippen LogP contribution in [0.2, 0.25) is 0 Å². The summed E-state index contributed by atoms with van der Waals surface area (Å²) >= 11 is 0. The maximum atomic E-state index is 14.4. The average molecular weight is 413 g/mol. The van der Waals surface area contributed by atoms with Gasteiger partial charge in [-0.15, -0.1) is 0 Å². The molecule has 0 atom stereocenters. The highest BCUT2D eigenvalue weighted by atomic mass is 19.1. The number of hydrogen-bond donors (Lipinski definition) is 3. The number of nitrogens with zero attached hydrogens (tertiary/aromatic N) is 3. The van der Waals surface area contributed by atoms with Gasteiger partial charge in [0.15, 0.2) is 0 Å². The Kier molecular flexibility index (Phi) is 4.82. The summed E-state index contributed by atoms with van der Waals surface area (Å²) < 4.78 is 29.9. The molecule has 0 saturated carbocycles. The second kappa shape index (κ2) is 7.47. The molecule has 0 fully saturated rings. The largest absolute Gasteiger partial charge is 0.465 e. The number of hydrogen-bond acceptors (Lipinski definition) is 4. The van der Waals surface area contributed by atoms with Crippen molar-refractivity contribution in [1.29, 1.82) is 0 Å². The summed E-state index contributed by atoms with van der Waals surface area (Å²) in [6, 6.07) is 7.85. The summed E-state index contributed by atoms with van der Waals surface area (Å²) in [5, 5.41) is 18.0. The number of carbonyl (C=O) groups is 2. The van der Waals surface area contributed by atoms with E-state index in [2.05, 4.69) is 15.7 Å². The predicted molar refractivity (Wildman–Crippen MR) is 105 cm³/mol. The van der Waals surface area contributed by atoms with E-state index in [1.54, 1.807) is 17.9 Å². The number of carbonyl (C=O) groups excluding carboxylic acids is 1. The molecule has 1 aromatic heterocycles. The Morgan fingerprint density at radius 1 is 1.23 bits per heavy atom. The van der Waals surface area contributed by atoms with Gasteiger partial charge >= 0.3 is 6.09 Å². The van der Waals surface area contributed by atoms with Crippen molar-refractivity contribution in [2.75, 3.05) is 10.2 Å². The summed E-state index contributed by atoms with van der Waals surface area (Å²) in [5.41, 5.74) is 1.73. The van der Waals surface area contributed by atoms with Gasteiger partial charge in [0.2, 0.25) is 0 Å². The van der Waals surface area contributed by atoms with Gasteiger partial charge in [-0.2, -0.15) is 5.10 Å². The summed E-state index contributed by atoms with van der Waals surface area (Å²) in [7, 11) is 1.72. The molecule has 154 valence electrons. The van der Waals surface area contributed by atoms with Crippen molar-refractivity contribution in [2.24, 2.45) is 7.05 Å². The predicted octanol–water partition coefficient (Wildman–Crippen LogP) is 3.37. The molecular formula is C20H17F2N5O3. The third kappa shape index (κ3) is 3.54. The van der Waals surface area contributed by atoms with Crippen LogP contribution in [-0.4, -0.2) is 26.9 Å². The van der Waals surface area contributed by atoms with Gasteiger partial charge in [-0.1, -0.05) is 6.07 Å². The third-order valence-corrected chi connectivity index (χ3v) is 4.82. The number of rotatable bonds is 3. The average Bonchev–Trinajstić information content (AvgIpc) is 2.95. The minimum atomic E-state index is -1.28. The minimum absolute atomic E-state index is 0.0780. The van der Waals surface area contributed by atoms with E-state index in [9.17, 15) is 18.4 Å². The van der Waals surface area contributed by atoms with E-state index in [-0.39, 0.29) is 24.2 Å². The lowest BCUT2D eigenvalue weighted by atomic mass is 10.1. The van der Waals surface area contributed by atoms with Crippen LogP contribution in [0.5, 0.6) is 0 Å². The Hall–Kier alpha value is -3.95. The molecule has 0 saturated heterocycles. The molecule has 3 N–H and O–H groups in total. The van der Waals surface area contributed by atoms with Crippen LogP contribution in [0.3, 0.4) is 0 Å². The Morgan fingerprint density at radius 2 is 2.03 bits per heavy atom. The first kappa shape index (κ1) is 19.4. The van der Waals surface area contributed by atoms with Crippen LogP contribution in [0.1, 0.15) is 21.5 Å². The van der Waals surface area contributed by atoms with Crippen molar-refractivity contribution >= 4 is 29.2 Å². The first-order valence-electron chi connectivity index (χ1n) is 8.98. The first-order valence-corrected chi connectivity index (χ1v) is 8.98. The van der Waals surface area contributed by atoms with Gasteiger partial charge in [-0.05, 0) is 30.3 Å². The highest BCUT2D eigenvalue weighted by molar-refractivity contribution is 6.08. The van der Waals surface area contributed by atoms with Gasteiger partial charge in [-0.3, -0.25) is 9.48 Å². The van der Waals surface area contributed by atoms with Gasteiger partial charge in [0.05, 0.1) is 24.1 Å². The highest BCUT2D eigenvalue weighted by Crippen LogP contribution is 2.36. The lowest BCUT2D eigenvalue weighted by Gasteiger charge is -2.23. The fourth-order valence-corrected chi connectivity index (χ4v) is 3.32. The fraction of sp³-hybridized carbons (Fsp3) is 0.150. The molecule has 30 heavy (non-hydrogen) atoms. The van der Waals surface area contributed by atoms with Crippen LogP contribution in [0.4, 0.5) is 30.8 Å². The molecule has 2 heterocycles. The van der Waals surface area contributed by atoms with Crippen LogP contribution >= 0.6 is 0 Å². The number of halogens is 2. The Morgan fingerprint density at radius 3 is 2.77 bits per heavy atom. The Labute approximate surface area is 169 Å². The van der Waals surface area contributed by atoms with E-state index in [1.165, 1.54) is 35.2 Å². The minimum Gasteiger partial charge on any atom is -0.465 e. The Bertz CT molecular complexity index is 1160. The number of aromatic nitrogens is 2. The topological polar surface area (TPSA) is 99.5 Å². The number of carboxylic acid groups (broad SMARTS) is 1. The fourth-order valence-electron chi connectivity index (χ4n) is 3.32. The van der Waals surface area contributed by atoms with Gasteiger partial charge in [0.25, 0.3) is 5.91 Å².